The molecule has 0 spiro atoms. The molecule has 0 heterocycles. The van der Waals surface area contributed by atoms with Crippen LogP contribution in [-0.4, -0.2) is 5.78 Å². The van der Waals surface area contributed by atoms with E-state index in [0.29, 0.717) is 5.78 Å². The Morgan fingerprint density at radius 2 is 1.33 bits per heavy atom. The van der Waals surface area contributed by atoms with Gasteiger partial charge >= 0.3 is 0 Å². The molecular weight excluding hydrogens is 256 g/mol. The van der Waals surface area contributed by atoms with Gasteiger partial charge in [-0.3, -0.25) is 4.79 Å². The Morgan fingerprint density at radius 1 is 0.810 bits per heavy atom. The molecule has 0 bridgehead atoms. The number of Topliss-reactive ketones (excluding diaryl/α,β-unsaturated/α-hetero) is 1. The van der Waals surface area contributed by atoms with Crippen LogP contribution in [-0.2, 0) is 4.79 Å². The fourth-order valence-electron chi connectivity index (χ4n) is 3.63. The van der Waals surface area contributed by atoms with Crippen molar-refractivity contribution in [2.75, 3.05) is 0 Å². The van der Waals surface area contributed by atoms with Crippen molar-refractivity contribution >= 4 is 5.78 Å². The smallest absolute Gasteiger partial charge is 0.133 e. The molecule has 0 aromatic carbocycles. The van der Waals surface area contributed by atoms with Gasteiger partial charge in [-0.05, 0) is 18.8 Å². The highest BCUT2D eigenvalue weighted by atomic mass is 16.1. The van der Waals surface area contributed by atoms with Gasteiger partial charge < -0.3 is 0 Å². The van der Waals surface area contributed by atoms with Crippen LogP contribution in [0.2, 0.25) is 0 Å². The van der Waals surface area contributed by atoms with Crippen molar-refractivity contribution in [3.05, 3.63) is 0 Å². The van der Waals surface area contributed by atoms with Gasteiger partial charge in [0.25, 0.3) is 0 Å². The van der Waals surface area contributed by atoms with Gasteiger partial charge in [0.05, 0.1) is 0 Å². The molecule has 1 saturated carbocycles. The van der Waals surface area contributed by atoms with Crippen LogP contribution in [0, 0.1) is 5.92 Å². The largest absolute Gasteiger partial charge is 0.300 e. The number of carbonyl (C=O) groups is 1. The van der Waals surface area contributed by atoms with Crippen LogP contribution in [0.15, 0.2) is 0 Å². The first-order valence-electron chi connectivity index (χ1n) is 9.84. The van der Waals surface area contributed by atoms with Gasteiger partial charge in [0.15, 0.2) is 0 Å². The second-order valence-electron chi connectivity index (χ2n) is 7.18. The normalized spacial score (nSPS) is 19.1. The highest BCUT2D eigenvalue weighted by Crippen LogP contribution is 2.26. The Kier molecular flexibility index (Phi) is 11.9. The van der Waals surface area contributed by atoms with E-state index >= 15 is 0 Å². The summed E-state index contributed by atoms with van der Waals surface area (Å²) in [4.78, 5) is 11.4. The van der Waals surface area contributed by atoms with Crippen molar-refractivity contribution in [3.63, 3.8) is 0 Å². The molecule has 1 rings (SSSR count). The zero-order chi connectivity index (χ0) is 15.2. The first kappa shape index (κ1) is 18.7. The van der Waals surface area contributed by atoms with Gasteiger partial charge in [-0.15, -0.1) is 0 Å². The summed E-state index contributed by atoms with van der Waals surface area (Å²) in [6, 6.07) is 0. The van der Waals surface area contributed by atoms with Crippen LogP contribution in [0.5, 0.6) is 0 Å². The van der Waals surface area contributed by atoms with E-state index in [4.69, 9.17) is 0 Å². The first-order valence-corrected chi connectivity index (χ1v) is 9.84. The Balaban J connectivity index is 1.75. The van der Waals surface area contributed by atoms with Gasteiger partial charge in [-0.1, -0.05) is 90.4 Å². The van der Waals surface area contributed by atoms with Crippen molar-refractivity contribution in [1.29, 1.82) is 0 Å². The lowest BCUT2D eigenvalue weighted by molar-refractivity contribution is -0.121. The molecule has 0 radical (unpaired) electrons. The van der Waals surface area contributed by atoms with E-state index in [0.717, 1.165) is 25.2 Å². The van der Waals surface area contributed by atoms with Crippen LogP contribution in [0.3, 0.4) is 0 Å². The van der Waals surface area contributed by atoms with E-state index in [-0.39, 0.29) is 0 Å². The lowest BCUT2D eigenvalue weighted by atomic mass is 9.85. The van der Waals surface area contributed by atoms with E-state index in [9.17, 15) is 4.79 Å². The molecule has 0 N–H and O–H groups in total. The van der Waals surface area contributed by atoms with Gasteiger partial charge in [0.2, 0.25) is 0 Å². The maximum atomic E-state index is 11.4. The number of hydrogen-bond donors (Lipinski definition) is 0. The number of ketones is 1. The van der Waals surface area contributed by atoms with Gasteiger partial charge in [-0.25, -0.2) is 0 Å². The summed E-state index contributed by atoms with van der Waals surface area (Å²) in [6.07, 6.45) is 22.6. The summed E-state index contributed by atoms with van der Waals surface area (Å²) in [5.74, 6) is 1.25. The maximum Gasteiger partial charge on any atom is 0.133 e. The molecule has 0 saturated heterocycles. The van der Waals surface area contributed by atoms with Gasteiger partial charge in [0, 0.05) is 12.8 Å². The highest BCUT2D eigenvalue weighted by Gasteiger charge is 2.18. The summed E-state index contributed by atoms with van der Waals surface area (Å²) in [5.41, 5.74) is 0. The molecule has 1 unspecified atom stereocenters. The number of hydrogen-bond acceptors (Lipinski definition) is 1. The Morgan fingerprint density at radius 3 is 1.86 bits per heavy atom. The van der Waals surface area contributed by atoms with E-state index in [1.54, 1.807) is 0 Å². The summed E-state index contributed by atoms with van der Waals surface area (Å²) < 4.78 is 0. The van der Waals surface area contributed by atoms with Crippen molar-refractivity contribution in [2.24, 2.45) is 5.92 Å². The zero-order valence-corrected chi connectivity index (χ0v) is 14.5. The minimum absolute atomic E-state index is 0.519. The average Bonchev–Trinajstić information content (AvgIpc) is 2.48. The van der Waals surface area contributed by atoms with Crippen molar-refractivity contribution in [3.8, 4) is 0 Å². The van der Waals surface area contributed by atoms with E-state index in [2.05, 4.69) is 6.92 Å². The van der Waals surface area contributed by atoms with E-state index in [1.807, 2.05) is 0 Å². The minimum Gasteiger partial charge on any atom is -0.300 e. The Labute approximate surface area is 133 Å². The number of rotatable bonds is 13. The van der Waals surface area contributed by atoms with E-state index in [1.165, 1.54) is 89.9 Å². The summed E-state index contributed by atoms with van der Waals surface area (Å²) in [5, 5.41) is 0. The fraction of sp³-hybridized carbons (Fsp3) is 0.950. The molecule has 1 aliphatic rings. The molecule has 0 aromatic rings. The molecule has 1 atom stereocenters. The molecule has 0 aromatic heterocycles. The highest BCUT2D eigenvalue weighted by molar-refractivity contribution is 5.79. The fourth-order valence-corrected chi connectivity index (χ4v) is 3.63. The molecule has 124 valence electrons. The topological polar surface area (TPSA) is 17.1 Å². The number of unbranched alkanes of at least 4 members (excludes halogenated alkanes) is 11. The van der Waals surface area contributed by atoms with Crippen LogP contribution >= 0.6 is 0 Å². The molecule has 1 heteroatoms. The quantitative estimate of drug-likeness (QED) is 0.340. The van der Waals surface area contributed by atoms with Crippen molar-refractivity contribution in [2.45, 2.75) is 116 Å². The third-order valence-corrected chi connectivity index (χ3v) is 5.05. The third-order valence-electron chi connectivity index (χ3n) is 5.05. The SMILES string of the molecule is CCCCCCCCCCCCCCC1CCCC(=O)C1. The van der Waals surface area contributed by atoms with Gasteiger partial charge in [-0.2, -0.15) is 0 Å². The van der Waals surface area contributed by atoms with Crippen molar-refractivity contribution < 1.29 is 4.79 Å². The van der Waals surface area contributed by atoms with Crippen LogP contribution < -0.4 is 0 Å². The molecular formula is C20H38O. The zero-order valence-electron chi connectivity index (χ0n) is 14.5. The molecule has 1 nitrogen and oxygen atoms in total. The van der Waals surface area contributed by atoms with Crippen LogP contribution in [0.25, 0.3) is 0 Å². The third kappa shape index (κ3) is 11.0. The summed E-state index contributed by atoms with van der Waals surface area (Å²) >= 11 is 0. The predicted molar refractivity (Wildman–Crippen MR) is 92.7 cm³/mol. The molecule has 1 aliphatic carbocycles. The average molecular weight is 295 g/mol. The molecule has 0 amide bonds. The Bertz CT molecular complexity index is 246. The standard InChI is InChI=1S/C20H38O/c1-2-3-4-5-6-7-8-9-10-11-12-13-15-19-16-14-17-20(21)18-19/h19H,2-18H2,1H3. The minimum atomic E-state index is 0.519. The van der Waals surface area contributed by atoms with Crippen LogP contribution in [0.1, 0.15) is 116 Å². The lowest BCUT2D eigenvalue weighted by Gasteiger charge is -2.20. The first-order chi connectivity index (χ1) is 10.3. The van der Waals surface area contributed by atoms with Crippen molar-refractivity contribution in [1.82, 2.24) is 0 Å². The lowest BCUT2D eigenvalue weighted by Crippen LogP contribution is -2.14. The van der Waals surface area contributed by atoms with Crippen LogP contribution in [0.4, 0.5) is 0 Å². The maximum absolute atomic E-state index is 11.4. The molecule has 0 aliphatic heterocycles. The summed E-state index contributed by atoms with van der Waals surface area (Å²) in [7, 11) is 0. The second-order valence-corrected chi connectivity index (χ2v) is 7.18. The predicted octanol–water partition coefficient (Wildman–Crippen LogP) is 6.84. The number of carbonyl (C=O) groups excluding carboxylic acids is 1. The Hall–Kier alpha value is -0.330. The summed E-state index contributed by atoms with van der Waals surface area (Å²) in [6.45, 7) is 2.28. The monoisotopic (exact) mass is 294 g/mol. The van der Waals surface area contributed by atoms with Gasteiger partial charge in [0.1, 0.15) is 5.78 Å². The molecule has 1 fully saturated rings. The second kappa shape index (κ2) is 13.3. The molecule has 21 heavy (non-hydrogen) atoms. The van der Waals surface area contributed by atoms with E-state index < -0.39 is 0 Å².